The summed E-state index contributed by atoms with van der Waals surface area (Å²) < 4.78 is 0. The Kier molecular flexibility index (Phi) is 4.14. The van der Waals surface area contributed by atoms with Crippen LogP contribution in [-0.4, -0.2) is 23.9 Å². The molecule has 2 amide bonds. The topological polar surface area (TPSA) is 98.2 Å². The number of primary amides is 1. The van der Waals surface area contributed by atoms with Crippen molar-refractivity contribution in [2.24, 2.45) is 16.9 Å². The Morgan fingerprint density at radius 2 is 1.82 bits per heavy atom. The fourth-order valence-electron chi connectivity index (χ4n) is 2.50. The summed E-state index contributed by atoms with van der Waals surface area (Å²) in [5.41, 5.74) is 9.86. The Bertz CT molecular complexity index is 307. The fourth-order valence-corrected chi connectivity index (χ4v) is 2.50. The zero-order valence-corrected chi connectivity index (χ0v) is 10.7. The van der Waals surface area contributed by atoms with Gasteiger partial charge in [-0.05, 0) is 26.7 Å². The molecule has 0 radical (unpaired) electrons. The number of amides is 2. The number of nitrogens with two attached hydrogens (primary N) is 2. The number of rotatable bonds is 5. The van der Waals surface area contributed by atoms with Gasteiger partial charge >= 0.3 is 0 Å². The van der Waals surface area contributed by atoms with Crippen molar-refractivity contribution in [3.63, 3.8) is 0 Å². The molecule has 1 rings (SSSR count). The first-order chi connectivity index (χ1) is 7.81. The Balaban J connectivity index is 2.67. The maximum atomic E-state index is 12.3. The Hall–Kier alpha value is -1.10. The van der Waals surface area contributed by atoms with Crippen molar-refractivity contribution >= 4 is 11.8 Å². The third-order valence-corrected chi connectivity index (χ3v) is 3.50. The lowest BCUT2D eigenvalue weighted by atomic mass is 9.84. The van der Waals surface area contributed by atoms with Crippen LogP contribution in [0, 0.1) is 5.41 Å². The molecule has 0 saturated heterocycles. The van der Waals surface area contributed by atoms with Crippen molar-refractivity contribution in [3.05, 3.63) is 0 Å². The highest BCUT2D eigenvalue weighted by atomic mass is 16.2. The maximum Gasteiger partial charge on any atom is 0.227 e. The molecule has 17 heavy (non-hydrogen) atoms. The lowest BCUT2D eigenvalue weighted by Gasteiger charge is -2.32. The standard InChI is InChI=1S/C12H23N3O2/c1-11(2,7-9(14)16)15-10(17)12(8-13)5-3-4-6-12/h3-8,13H2,1-2H3,(H2,14,16)(H,15,17). The van der Waals surface area contributed by atoms with E-state index in [0.717, 1.165) is 25.7 Å². The van der Waals surface area contributed by atoms with Gasteiger partial charge in [-0.2, -0.15) is 0 Å². The molecule has 0 spiro atoms. The van der Waals surface area contributed by atoms with E-state index in [1.807, 2.05) is 0 Å². The molecular weight excluding hydrogens is 218 g/mol. The van der Waals surface area contributed by atoms with Crippen LogP contribution in [0.15, 0.2) is 0 Å². The van der Waals surface area contributed by atoms with Gasteiger partial charge in [0, 0.05) is 18.5 Å². The Labute approximate surface area is 102 Å². The van der Waals surface area contributed by atoms with Gasteiger partial charge in [0.25, 0.3) is 0 Å². The molecule has 5 nitrogen and oxygen atoms in total. The van der Waals surface area contributed by atoms with Gasteiger partial charge in [-0.3, -0.25) is 9.59 Å². The fraction of sp³-hybridized carbons (Fsp3) is 0.833. The van der Waals surface area contributed by atoms with Gasteiger partial charge in [-0.1, -0.05) is 12.8 Å². The van der Waals surface area contributed by atoms with Crippen molar-refractivity contribution in [2.45, 2.75) is 51.5 Å². The predicted octanol–water partition coefficient (Wildman–Crippen LogP) is 0.276. The van der Waals surface area contributed by atoms with E-state index in [2.05, 4.69) is 5.32 Å². The molecule has 0 unspecified atom stereocenters. The van der Waals surface area contributed by atoms with Crippen LogP contribution >= 0.6 is 0 Å². The predicted molar refractivity (Wildman–Crippen MR) is 66.0 cm³/mol. The first-order valence-electron chi connectivity index (χ1n) is 6.12. The minimum atomic E-state index is -0.603. The summed E-state index contributed by atoms with van der Waals surface area (Å²) in [5.74, 6) is -0.452. The van der Waals surface area contributed by atoms with Crippen LogP contribution in [0.4, 0.5) is 0 Å². The second-order valence-corrected chi connectivity index (χ2v) is 5.67. The van der Waals surface area contributed by atoms with E-state index < -0.39 is 16.9 Å². The van der Waals surface area contributed by atoms with Crippen LogP contribution in [0.3, 0.4) is 0 Å². The van der Waals surface area contributed by atoms with E-state index >= 15 is 0 Å². The number of hydrogen-bond donors (Lipinski definition) is 3. The molecule has 0 atom stereocenters. The average molecular weight is 241 g/mol. The SMILES string of the molecule is CC(C)(CC(N)=O)NC(=O)C1(CN)CCCC1. The average Bonchev–Trinajstić information content (AvgIpc) is 2.63. The van der Waals surface area contributed by atoms with Crippen LogP contribution in [0.25, 0.3) is 0 Å². The van der Waals surface area contributed by atoms with Crippen molar-refractivity contribution in [1.82, 2.24) is 5.32 Å². The van der Waals surface area contributed by atoms with E-state index in [0.29, 0.717) is 6.54 Å². The van der Waals surface area contributed by atoms with Crippen molar-refractivity contribution in [1.29, 1.82) is 0 Å². The molecule has 0 aromatic carbocycles. The molecule has 0 aromatic rings. The van der Waals surface area contributed by atoms with Gasteiger partial charge in [0.2, 0.25) is 11.8 Å². The Morgan fingerprint density at radius 1 is 1.29 bits per heavy atom. The van der Waals surface area contributed by atoms with Gasteiger partial charge < -0.3 is 16.8 Å². The number of carbonyl (C=O) groups is 2. The first kappa shape index (κ1) is 14.0. The maximum absolute atomic E-state index is 12.3. The van der Waals surface area contributed by atoms with E-state index in [1.165, 1.54) is 0 Å². The van der Waals surface area contributed by atoms with Crippen LogP contribution in [0.1, 0.15) is 46.0 Å². The minimum Gasteiger partial charge on any atom is -0.370 e. The highest BCUT2D eigenvalue weighted by Crippen LogP contribution is 2.37. The smallest absolute Gasteiger partial charge is 0.227 e. The first-order valence-corrected chi connectivity index (χ1v) is 6.12. The van der Waals surface area contributed by atoms with E-state index in [1.54, 1.807) is 13.8 Å². The Morgan fingerprint density at radius 3 is 2.24 bits per heavy atom. The summed E-state index contributed by atoms with van der Waals surface area (Å²) in [6, 6.07) is 0. The van der Waals surface area contributed by atoms with Crippen LogP contribution in [0.2, 0.25) is 0 Å². The molecule has 5 heteroatoms. The van der Waals surface area contributed by atoms with Gasteiger partial charge in [0.15, 0.2) is 0 Å². The third-order valence-electron chi connectivity index (χ3n) is 3.50. The van der Waals surface area contributed by atoms with Crippen molar-refractivity contribution < 1.29 is 9.59 Å². The summed E-state index contributed by atoms with van der Waals surface area (Å²) in [5, 5.41) is 2.90. The van der Waals surface area contributed by atoms with Crippen molar-refractivity contribution in [2.75, 3.05) is 6.54 Å². The number of nitrogens with one attached hydrogen (secondary N) is 1. The zero-order valence-electron chi connectivity index (χ0n) is 10.7. The molecule has 1 aliphatic carbocycles. The van der Waals surface area contributed by atoms with Crippen molar-refractivity contribution in [3.8, 4) is 0 Å². The number of carbonyl (C=O) groups excluding carboxylic acids is 2. The molecule has 1 fully saturated rings. The highest BCUT2D eigenvalue weighted by Gasteiger charge is 2.41. The molecule has 0 aliphatic heterocycles. The molecule has 1 aliphatic rings. The lowest BCUT2D eigenvalue weighted by molar-refractivity contribution is -0.132. The zero-order chi connectivity index (χ0) is 13.1. The molecule has 98 valence electrons. The highest BCUT2D eigenvalue weighted by molar-refractivity contribution is 5.85. The van der Waals surface area contributed by atoms with E-state index in [9.17, 15) is 9.59 Å². The third kappa shape index (κ3) is 3.43. The van der Waals surface area contributed by atoms with Gasteiger partial charge in [-0.15, -0.1) is 0 Å². The van der Waals surface area contributed by atoms with E-state index in [-0.39, 0.29) is 12.3 Å². The molecule has 0 heterocycles. The molecule has 5 N–H and O–H groups in total. The van der Waals surface area contributed by atoms with Crippen LogP contribution in [-0.2, 0) is 9.59 Å². The molecular formula is C12H23N3O2. The van der Waals surface area contributed by atoms with Gasteiger partial charge in [-0.25, -0.2) is 0 Å². The van der Waals surface area contributed by atoms with Gasteiger partial charge in [0.1, 0.15) is 0 Å². The molecule has 0 bridgehead atoms. The monoisotopic (exact) mass is 241 g/mol. The summed E-state index contributed by atoms with van der Waals surface area (Å²) in [4.78, 5) is 23.2. The molecule has 1 saturated carbocycles. The van der Waals surface area contributed by atoms with Crippen LogP contribution in [0.5, 0.6) is 0 Å². The summed E-state index contributed by atoms with van der Waals surface area (Å²) in [6.07, 6.45) is 3.89. The normalized spacial score (nSPS) is 19.0. The lowest BCUT2D eigenvalue weighted by Crippen LogP contribution is -2.53. The second-order valence-electron chi connectivity index (χ2n) is 5.67. The van der Waals surface area contributed by atoms with Crippen LogP contribution < -0.4 is 16.8 Å². The summed E-state index contributed by atoms with van der Waals surface area (Å²) >= 11 is 0. The minimum absolute atomic E-state index is 0.0382. The number of hydrogen-bond acceptors (Lipinski definition) is 3. The quantitative estimate of drug-likeness (QED) is 0.644. The second kappa shape index (κ2) is 5.04. The largest absolute Gasteiger partial charge is 0.370 e. The molecule has 0 aromatic heterocycles. The summed E-state index contributed by atoms with van der Waals surface area (Å²) in [7, 11) is 0. The van der Waals surface area contributed by atoms with E-state index in [4.69, 9.17) is 11.5 Å². The van der Waals surface area contributed by atoms with Gasteiger partial charge in [0.05, 0.1) is 5.41 Å². The summed E-state index contributed by atoms with van der Waals surface area (Å²) in [6.45, 7) is 3.97.